The predicted molar refractivity (Wildman–Crippen MR) is 114 cm³/mol. The zero-order valence-corrected chi connectivity index (χ0v) is 17.9. The summed E-state index contributed by atoms with van der Waals surface area (Å²) in [4.78, 5) is 16.1. The van der Waals surface area contributed by atoms with E-state index in [0.29, 0.717) is 13.1 Å². The van der Waals surface area contributed by atoms with Crippen molar-refractivity contribution in [3.8, 4) is 0 Å². The van der Waals surface area contributed by atoms with Crippen molar-refractivity contribution in [3.63, 3.8) is 0 Å². The minimum atomic E-state index is -3.14. The van der Waals surface area contributed by atoms with E-state index in [0.717, 1.165) is 53.9 Å². The van der Waals surface area contributed by atoms with Gasteiger partial charge >= 0.3 is 0 Å². The third kappa shape index (κ3) is 3.43. The number of aromatic nitrogens is 5. The second-order valence-electron chi connectivity index (χ2n) is 8.30. The molecule has 0 radical (unpaired) electrons. The molecule has 10 heteroatoms. The van der Waals surface area contributed by atoms with Crippen LogP contribution in [0.1, 0.15) is 42.6 Å². The summed E-state index contributed by atoms with van der Waals surface area (Å²) in [6.45, 7) is 4.01. The minimum absolute atomic E-state index is 0.253. The Morgan fingerprint density at radius 3 is 2.70 bits per heavy atom. The second kappa shape index (κ2) is 7.28. The van der Waals surface area contributed by atoms with Gasteiger partial charge in [-0.3, -0.25) is 10.1 Å². The van der Waals surface area contributed by atoms with E-state index in [9.17, 15) is 8.42 Å². The maximum Gasteiger partial charge on any atom is 0.211 e. The van der Waals surface area contributed by atoms with Crippen LogP contribution >= 0.6 is 0 Å². The van der Waals surface area contributed by atoms with Gasteiger partial charge in [0.1, 0.15) is 11.8 Å². The van der Waals surface area contributed by atoms with Crippen LogP contribution in [0.3, 0.4) is 0 Å². The number of pyridine rings is 1. The van der Waals surface area contributed by atoms with Gasteiger partial charge in [0.25, 0.3) is 0 Å². The van der Waals surface area contributed by atoms with E-state index in [-0.39, 0.29) is 12.0 Å². The predicted octanol–water partition coefficient (Wildman–Crippen LogP) is 1.84. The summed E-state index contributed by atoms with van der Waals surface area (Å²) in [5.74, 6) is 0.253. The minimum Gasteiger partial charge on any atom is -0.363 e. The van der Waals surface area contributed by atoms with E-state index >= 15 is 0 Å². The number of sulfonamides is 1. The molecule has 0 spiro atoms. The van der Waals surface area contributed by atoms with Crippen LogP contribution in [0, 0.1) is 0 Å². The summed E-state index contributed by atoms with van der Waals surface area (Å²) in [7, 11) is -3.14. The van der Waals surface area contributed by atoms with Gasteiger partial charge in [-0.2, -0.15) is 5.10 Å². The number of H-pyrrole nitrogens is 1. The topological polar surface area (TPSA) is 108 Å². The molecule has 2 aliphatic heterocycles. The van der Waals surface area contributed by atoms with E-state index in [1.807, 2.05) is 6.20 Å². The number of aromatic amines is 1. The maximum absolute atomic E-state index is 11.9. The molecule has 1 fully saturated rings. The monoisotopic (exact) mass is 427 g/mol. The molecule has 0 unspecified atom stereocenters. The van der Waals surface area contributed by atoms with Crippen LogP contribution in [0.25, 0.3) is 11.0 Å². The SMILES string of the molecule is C[C@@H]1Cc2ncnc(C3CCN(S(C)(=O)=O)CC3)c2CN1c1cnc2cn[nH]c2c1. The number of anilines is 1. The Bertz CT molecular complexity index is 1180. The van der Waals surface area contributed by atoms with E-state index in [2.05, 4.69) is 43.0 Å². The molecule has 158 valence electrons. The molecule has 1 saturated heterocycles. The average Bonchev–Trinajstić information content (AvgIpc) is 3.20. The van der Waals surface area contributed by atoms with E-state index in [1.165, 1.54) is 11.8 Å². The molecule has 3 aromatic rings. The number of nitrogens with zero attached hydrogens (tertiary/aromatic N) is 6. The normalized spacial score (nSPS) is 21.1. The third-order valence-corrected chi connectivity index (χ3v) is 7.64. The van der Waals surface area contributed by atoms with Crippen LogP contribution < -0.4 is 4.90 Å². The summed E-state index contributed by atoms with van der Waals surface area (Å²) in [6.07, 6.45) is 8.98. The highest BCUT2D eigenvalue weighted by molar-refractivity contribution is 7.88. The van der Waals surface area contributed by atoms with Gasteiger partial charge < -0.3 is 4.90 Å². The van der Waals surface area contributed by atoms with E-state index < -0.39 is 10.0 Å². The lowest BCUT2D eigenvalue weighted by Crippen LogP contribution is -2.41. The number of hydrogen-bond donors (Lipinski definition) is 1. The largest absolute Gasteiger partial charge is 0.363 e. The Labute approximate surface area is 175 Å². The van der Waals surface area contributed by atoms with Gasteiger partial charge in [-0.15, -0.1) is 0 Å². The summed E-state index contributed by atoms with van der Waals surface area (Å²) in [5.41, 5.74) is 6.17. The second-order valence-corrected chi connectivity index (χ2v) is 10.3. The van der Waals surface area contributed by atoms with Gasteiger partial charge in [-0.1, -0.05) is 0 Å². The summed E-state index contributed by atoms with van der Waals surface area (Å²) in [5, 5.41) is 7.06. The Balaban J connectivity index is 1.44. The Morgan fingerprint density at radius 2 is 1.93 bits per heavy atom. The summed E-state index contributed by atoms with van der Waals surface area (Å²) >= 11 is 0. The molecule has 1 N–H and O–H groups in total. The molecular weight excluding hydrogens is 402 g/mol. The first-order valence-electron chi connectivity index (χ1n) is 10.2. The summed E-state index contributed by atoms with van der Waals surface area (Å²) in [6, 6.07) is 2.37. The van der Waals surface area contributed by atoms with Crippen molar-refractivity contribution < 1.29 is 8.42 Å². The number of fused-ring (bicyclic) bond motifs is 2. The average molecular weight is 428 g/mol. The van der Waals surface area contributed by atoms with Gasteiger partial charge in [0.05, 0.1) is 41.2 Å². The molecule has 9 nitrogen and oxygen atoms in total. The molecule has 0 aliphatic carbocycles. The molecular formula is C20H25N7O2S. The molecule has 0 bridgehead atoms. The van der Waals surface area contributed by atoms with Crippen molar-refractivity contribution in [1.29, 1.82) is 0 Å². The Morgan fingerprint density at radius 1 is 1.13 bits per heavy atom. The Hall–Kier alpha value is -2.59. The molecule has 30 heavy (non-hydrogen) atoms. The van der Waals surface area contributed by atoms with Crippen LogP contribution in [0.4, 0.5) is 5.69 Å². The van der Waals surface area contributed by atoms with Gasteiger partial charge in [0.15, 0.2) is 0 Å². The van der Waals surface area contributed by atoms with Crippen LogP contribution in [0.15, 0.2) is 24.8 Å². The van der Waals surface area contributed by atoms with E-state index in [1.54, 1.807) is 16.8 Å². The van der Waals surface area contributed by atoms with Crippen molar-refractivity contribution in [2.75, 3.05) is 24.2 Å². The smallest absolute Gasteiger partial charge is 0.211 e. The summed E-state index contributed by atoms with van der Waals surface area (Å²) < 4.78 is 25.3. The molecule has 0 saturated carbocycles. The molecule has 2 aliphatic rings. The van der Waals surface area contributed by atoms with E-state index in [4.69, 9.17) is 0 Å². The number of rotatable bonds is 3. The van der Waals surface area contributed by atoms with Gasteiger partial charge in [0.2, 0.25) is 10.0 Å². The number of piperidine rings is 1. The van der Waals surface area contributed by atoms with Gasteiger partial charge in [-0.05, 0) is 25.8 Å². The highest BCUT2D eigenvalue weighted by atomic mass is 32.2. The molecule has 5 rings (SSSR count). The lowest BCUT2D eigenvalue weighted by Gasteiger charge is -2.38. The van der Waals surface area contributed by atoms with Gasteiger partial charge in [-0.25, -0.2) is 22.7 Å². The van der Waals surface area contributed by atoms with Crippen molar-refractivity contribution in [1.82, 2.24) is 29.5 Å². The third-order valence-electron chi connectivity index (χ3n) is 6.33. The Kier molecular flexibility index (Phi) is 4.70. The van der Waals surface area contributed by atoms with Crippen LogP contribution in [-0.4, -0.2) is 63.3 Å². The molecule has 3 aromatic heterocycles. The quantitative estimate of drug-likeness (QED) is 0.679. The van der Waals surface area contributed by atoms with Crippen molar-refractivity contribution in [3.05, 3.63) is 41.7 Å². The molecule has 5 heterocycles. The van der Waals surface area contributed by atoms with Crippen LogP contribution in [0.5, 0.6) is 0 Å². The molecule has 0 amide bonds. The lowest BCUT2D eigenvalue weighted by atomic mass is 9.88. The van der Waals surface area contributed by atoms with Crippen molar-refractivity contribution >= 4 is 26.7 Å². The zero-order valence-electron chi connectivity index (χ0n) is 17.1. The standard InChI is InChI=1S/C20H25N7O2S/c1-13-7-17-16(11-27(13)15-8-18-19(21-9-15)10-24-25-18)20(23-12-22-17)14-3-5-26(6-4-14)30(2,28)29/h8-10,12-14H,3-7,11H2,1-2H3,(H,24,25)/t13-/m1/s1. The fourth-order valence-corrected chi connectivity index (χ4v) is 5.54. The number of nitrogens with one attached hydrogen (secondary N) is 1. The van der Waals surface area contributed by atoms with Crippen molar-refractivity contribution in [2.45, 2.75) is 44.7 Å². The molecule has 0 aromatic carbocycles. The first kappa shape index (κ1) is 19.4. The van der Waals surface area contributed by atoms with Gasteiger partial charge in [0, 0.05) is 43.6 Å². The highest BCUT2D eigenvalue weighted by Gasteiger charge is 2.32. The van der Waals surface area contributed by atoms with Crippen molar-refractivity contribution in [2.24, 2.45) is 0 Å². The molecule has 1 atom stereocenters. The number of hydrogen-bond acceptors (Lipinski definition) is 7. The fourth-order valence-electron chi connectivity index (χ4n) is 4.66. The highest BCUT2D eigenvalue weighted by Crippen LogP contribution is 2.35. The maximum atomic E-state index is 11.9. The first-order valence-corrected chi connectivity index (χ1v) is 12.1. The van der Waals surface area contributed by atoms with Crippen LogP contribution in [0.2, 0.25) is 0 Å². The lowest BCUT2D eigenvalue weighted by molar-refractivity contribution is 0.317. The fraction of sp³-hybridized carbons (Fsp3) is 0.500. The first-order chi connectivity index (χ1) is 14.4. The zero-order chi connectivity index (χ0) is 20.9. The van der Waals surface area contributed by atoms with Crippen LogP contribution in [-0.2, 0) is 23.0 Å².